The van der Waals surface area contributed by atoms with E-state index < -0.39 is 0 Å². The van der Waals surface area contributed by atoms with Crippen molar-refractivity contribution < 1.29 is 0 Å². The Morgan fingerprint density at radius 3 is 2.33 bits per heavy atom. The van der Waals surface area contributed by atoms with Gasteiger partial charge in [-0.2, -0.15) is 0 Å². The summed E-state index contributed by atoms with van der Waals surface area (Å²) in [6, 6.07) is 14.6. The molecule has 0 radical (unpaired) electrons. The zero-order valence-electron chi connectivity index (χ0n) is 9.96. The van der Waals surface area contributed by atoms with Crippen molar-refractivity contribution in [3.05, 3.63) is 68.1 Å². The largest absolute Gasteiger partial charge is 0.117 e. The number of halogens is 3. The van der Waals surface area contributed by atoms with Gasteiger partial charge in [0.05, 0.1) is 5.38 Å². The topological polar surface area (TPSA) is 0 Å². The Kier molecular flexibility index (Phi) is 4.88. The lowest BCUT2D eigenvalue weighted by Gasteiger charge is -2.12. The Labute approximate surface area is 130 Å². The summed E-state index contributed by atoms with van der Waals surface area (Å²) in [6.45, 7) is 2.09. The van der Waals surface area contributed by atoms with Crippen LogP contribution in [-0.2, 0) is 6.42 Å². The molecule has 18 heavy (non-hydrogen) atoms. The smallest absolute Gasteiger partial charge is 0.0636 e. The Morgan fingerprint density at radius 2 is 1.72 bits per heavy atom. The monoisotopic (exact) mass is 386 g/mol. The number of rotatable bonds is 3. The van der Waals surface area contributed by atoms with Crippen LogP contribution < -0.4 is 0 Å². The fraction of sp³-hybridized carbons (Fsp3) is 0.200. The molecular weight excluding hydrogens is 375 g/mol. The van der Waals surface area contributed by atoms with Crippen molar-refractivity contribution in [3.63, 3.8) is 0 Å². The molecule has 0 amide bonds. The molecule has 2 aromatic carbocycles. The van der Waals surface area contributed by atoms with Gasteiger partial charge in [-0.05, 0) is 36.6 Å². The van der Waals surface area contributed by atoms with Gasteiger partial charge < -0.3 is 0 Å². The molecule has 0 spiro atoms. The van der Waals surface area contributed by atoms with Gasteiger partial charge in [0.25, 0.3) is 0 Å². The molecule has 0 aliphatic carbocycles. The second-order valence-corrected chi connectivity index (χ2v) is 6.62. The van der Waals surface area contributed by atoms with Gasteiger partial charge in [0.15, 0.2) is 0 Å². The summed E-state index contributed by atoms with van der Waals surface area (Å²) in [6.07, 6.45) is 0.835. The van der Waals surface area contributed by atoms with Crippen LogP contribution in [0.5, 0.6) is 0 Å². The second-order valence-electron chi connectivity index (χ2n) is 4.32. The quantitative estimate of drug-likeness (QED) is 0.562. The van der Waals surface area contributed by atoms with E-state index >= 15 is 0 Å². The summed E-state index contributed by atoms with van der Waals surface area (Å²) in [5.41, 5.74) is 3.66. The fourth-order valence-corrected chi connectivity index (χ4v) is 3.62. The first-order valence-corrected chi connectivity index (χ1v) is 7.73. The summed E-state index contributed by atoms with van der Waals surface area (Å²) in [7, 11) is 0. The summed E-state index contributed by atoms with van der Waals surface area (Å²) in [5, 5.41) is -0.0184. The highest BCUT2D eigenvalue weighted by molar-refractivity contribution is 9.11. The van der Waals surface area contributed by atoms with Gasteiger partial charge >= 0.3 is 0 Å². The summed E-state index contributed by atoms with van der Waals surface area (Å²) >= 11 is 13.5. The minimum atomic E-state index is -0.0184. The van der Waals surface area contributed by atoms with Crippen LogP contribution in [-0.4, -0.2) is 0 Å². The van der Waals surface area contributed by atoms with E-state index in [0.29, 0.717) is 0 Å². The first-order chi connectivity index (χ1) is 8.56. The SMILES string of the molecule is Cc1ccc(CC(Cl)c2ccc(Br)cc2Br)cc1. The predicted molar refractivity (Wildman–Crippen MR) is 85.3 cm³/mol. The van der Waals surface area contributed by atoms with Gasteiger partial charge in [-0.3, -0.25) is 0 Å². The Hall–Kier alpha value is -0.310. The normalized spacial score (nSPS) is 12.4. The average Bonchev–Trinajstić information content (AvgIpc) is 2.32. The molecular formula is C15H13Br2Cl. The molecule has 0 aliphatic rings. The average molecular weight is 389 g/mol. The molecule has 2 aromatic rings. The standard InChI is InChI=1S/C15H13Br2Cl/c1-10-2-4-11(5-3-10)8-15(18)13-7-6-12(16)9-14(13)17/h2-7,9,15H,8H2,1H3. The maximum atomic E-state index is 6.49. The highest BCUT2D eigenvalue weighted by Gasteiger charge is 2.12. The van der Waals surface area contributed by atoms with Crippen molar-refractivity contribution >= 4 is 43.5 Å². The van der Waals surface area contributed by atoms with Crippen LogP contribution in [0.4, 0.5) is 0 Å². The molecule has 2 rings (SSSR count). The van der Waals surface area contributed by atoms with Gasteiger partial charge in [-0.1, -0.05) is 67.8 Å². The minimum absolute atomic E-state index is 0.0184. The van der Waals surface area contributed by atoms with E-state index in [4.69, 9.17) is 11.6 Å². The van der Waals surface area contributed by atoms with Gasteiger partial charge in [0, 0.05) is 8.95 Å². The Morgan fingerprint density at radius 1 is 1.06 bits per heavy atom. The van der Waals surface area contributed by atoms with Gasteiger partial charge in [-0.15, -0.1) is 11.6 Å². The lowest BCUT2D eigenvalue weighted by atomic mass is 10.0. The fourth-order valence-electron chi connectivity index (χ4n) is 1.80. The molecule has 0 heterocycles. The number of hydrogen-bond acceptors (Lipinski definition) is 0. The van der Waals surface area contributed by atoms with Crippen molar-refractivity contribution in [3.8, 4) is 0 Å². The molecule has 3 heteroatoms. The van der Waals surface area contributed by atoms with E-state index in [0.717, 1.165) is 20.9 Å². The van der Waals surface area contributed by atoms with Crippen LogP contribution in [0.1, 0.15) is 22.1 Å². The molecule has 0 N–H and O–H groups in total. The van der Waals surface area contributed by atoms with Crippen LogP contribution >= 0.6 is 43.5 Å². The Bertz CT molecular complexity index is 535. The van der Waals surface area contributed by atoms with Gasteiger partial charge in [0.1, 0.15) is 0 Å². The maximum absolute atomic E-state index is 6.49. The molecule has 0 aliphatic heterocycles. The van der Waals surface area contributed by atoms with Crippen molar-refractivity contribution in [2.75, 3.05) is 0 Å². The zero-order valence-corrected chi connectivity index (χ0v) is 13.9. The molecule has 1 atom stereocenters. The van der Waals surface area contributed by atoms with Crippen molar-refractivity contribution in [2.24, 2.45) is 0 Å². The molecule has 94 valence electrons. The van der Waals surface area contributed by atoms with Crippen LogP contribution in [0.3, 0.4) is 0 Å². The molecule has 1 unspecified atom stereocenters. The first-order valence-electron chi connectivity index (χ1n) is 5.71. The highest BCUT2D eigenvalue weighted by atomic mass is 79.9. The van der Waals surface area contributed by atoms with Crippen LogP contribution in [0.2, 0.25) is 0 Å². The predicted octanol–water partition coefficient (Wildman–Crippen LogP) is 6.04. The number of alkyl halides is 1. The molecule has 0 fully saturated rings. The van der Waals surface area contributed by atoms with Gasteiger partial charge in [0.2, 0.25) is 0 Å². The molecule has 0 aromatic heterocycles. The Balaban J connectivity index is 2.16. The van der Waals surface area contributed by atoms with Crippen molar-refractivity contribution in [1.82, 2.24) is 0 Å². The molecule has 0 saturated heterocycles. The molecule has 0 bridgehead atoms. The minimum Gasteiger partial charge on any atom is -0.117 e. The third-order valence-electron chi connectivity index (χ3n) is 2.84. The summed E-state index contributed by atoms with van der Waals surface area (Å²) in [5.74, 6) is 0. The van der Waals surface area contributed by atoms with E-state index in [1.807, 2.05) is 12.1 Å². The second kappa shape index (κ2) is 6.23. The molecule has 0 saturated carbocycles. The third-order valence-corrected chi connectivity index (χ3v) is 4.40. The molecule has 0 nitrogen and oxygen atoms in total. The maximum Gasteiger partial charge on any atom is 0.0636 e. The van der Waals surface area contributed by atoms with E-state index in [-0.39, 0.29) is 5.38 Å². The summed E-state index contributed by atoms with van der Waals surface area (Å²) in [4.78, 5) is 0. The van der Waals surface area contributed by atoms with E-state index in [1.165, 1.54) is 11.1 Å². The first kappa shape index (κ1) is 14.1. The highest BCUT2D eigenvalue weighted by Crippen LogP contribution is 2.32. The van der Waals surface area contributed by atoms with E-state index in [2.05, 4.69) is 69.1 Å². The van der Waals surface area contributed by atoms with Gasteiger partial charge in [-0.25, -0.2) is 0 Å². The third kappa shape index (κ3) is 3.59. The zero-order chi connectivity index (χ0) is 13.1. The van der Waals surface area contributed by atoms with Crippen molar-refractivity contribution in [1.29, 1.82) is 0 Å². The number of hydrogen-bond donors (Lipinski definition) is 0. The lowest BCUT2D eigenvalue weighted by molar-refractivity contribution is 0.913. The van der Waals surface area contributed by atoms with Crippen LogP contribution in [0, 0.1) is 6.92 Å². The van der Waals surface area contributed by atoms with Crippen LogP contribution in [0.15, 0.2) is 51.4 Å². The van der Waals surface area contributed by atoms with Crippen molar-refractivity contribution in [2.45, 2.75) is 18.7 Å². The van der Waals surface area contributed by atoms with E-state index in [1.54, 1.807) is 0 Å². The lowest BCUT2D eigenvalue weighted by Crippen LogP contribution is -1.97. The van der Waals surface area contributed by atoms with E-state index in [9.17, 15) is 0 Å². The number of aryl methyl sites for hydroxylation is 1. The summed E-state index contributed by atoms with van der Waals surface area (Å²) < 4.78 is 2.10. The van der Waals surface area contributed by atoms with Crippen LogP contribution in [0.25, 0.3) is 0 Å². The number of benzene rings is 2.